The van der Waals surface area contributed by atoms with Crippen LogP contribution in [0.2, 0.25) is 0 Å². The molecule has 1 saturated carbocycles. The average Bonchev–Trinajstić information content (AvgIpc) is 2.28. The quantitative estimate of drug-likeness (QED) is 0.731. The molecule has 0 aliphatic heterocycles. The molecule has 0 amide bonds. The molecule has 0 heterocycles. The minimum atomic E-state index is 0.270. The third kappa shape index (κ3) is 4.42. The van der Waals surface area contributed by atoms with Crippen LogP contribution in [0.1, 0.15) is 59.3 Å². The van der Waals surface area contributed by atoms with Gasteiger partial charge >= 0.3 is 0 Å². The van der Waals surface area contributed by atoms with Gasteiger partial charge in [-0.15, -0.1) is 0 Å². The average molecular weight is 227 g/mol. The van der Waals surface area contributed by atoms with Crippen molar-refractivity contribution in [2.45, 2.75) is 71.4 Å². The van der Waals surface area contributed by atoms with E-state index in [9.17, 15) is 5.11 Å². The van der Waals surface area contributed by atoms with E-state index < -0.39 is 0 Å². The van der Waals surface area contributed by atoms with E-state index in [-0.39, 0.29) is 12.6 Å². The lowest BCUT2D eigenvalue weighted by Gasteiger charge is -2.33. The zero-order valence-corrected chi connectivity index (χ0v) is 11.2. The van der Waals surface area contributed by atoms with E-state index in [1.54, 1.807) is 0 Å². The fourth-order valence-corrected chi connectivity index (χ4v) is 2.78. The molecule has 2 nitrogen and oxygen atoms in total. The Morgan fingerprint density at radius 3 is 2.25 bits per heavy atom. The summed E-state index contributed by atoms with van der Waals surface area (Å²) in [6.07, 6.45) is 8.08. The molecule has 1 rings (SSSR count). The van der Waals surface area contributed by atoms with Gasteiger partial charge in [-0.05, 0) is 37.5 Å². The van der Waals surface area contributed by atoms with E-state index in [1.165, 1.54) is 38.5 Å². The monoisotopic (exact) mass is 227 g/mol. The van der Waals surface area contributed by atoms with Crippen molar-refractivity contribution < 1.29 is 5.11 Å². The number of nitrogens with one attached hydrogen (secondary N) is 1. The summed E-state index contributed by atoms with van der Waals surface area (Å²) in [6, 6.07) is 0.931. The maximum absolute atomic E-state index is 9.30. The summed E-state index contributed by atoms with van der Waals surface area (Å²) in [5.41, 5.74) is 0. The Labute approximate surface area is 101 Å². The molecule has 0 bridgehead atoms. The first kappa shape index (κ1) is 14.0. The van der Waals surface area contributed by atoms with Crippen molar-refractivity contribution in [3.05, 3.63) is 0 Å². The SMILES string of the molecule is CCCC1CCC(N[C@H](CO)C(C)C)CC1. The Morgan fingerprint density at radius 1 is 1.19 bits per heavy atom. The largest absolute Gasteiger partial charge is 0.395 e. The summed E-state index contributed by atoms with van der Waals surface area (Å²) in [5.74, 6) is 1.49. The second-order valence-corrected chi connectivity index (χ2v) is 5.71. The van der Waals surface area contributed by atoms with Gasteiger partial charge in [-0.2, -0.15) is 0 Å². The lowest BCUT2D eigenvalue weighted by Crippen LogP contribution is -2.45. The molecule has 0 radical (unpaired) electrons. The highest BCUT2D eigenvalue weighted by Gasteiger charge is 2.23. The van der Waals surface area contributed by atoms with Gasteiger partial charge in [0.1, 0.15) is 0 Å². The maximum atomic E-state index is 9.30. The van der Waals surface area contributed by atoms with E-state index in [1.807, 2.05) is 0 Å². The van der Waals surface area contributed by atoms with Crippen LogP contribution >= 0.6 is 0 Å². The predicted octanol–water partition coefficient (Wildman–Crippen LogP) is 2.95. The Kier molecular flexibility index (Phi) is 6.37. The van der Waals surface area contributed by atoms with Crippen LogP contribution in [0.25, 0.3) is 0 Å². The van der Waals surface area contributed by atoms with Crippen LogP contribution in [0.15, 0.2) is 0 Å². The molecule has 0 aromatic heterocycles. The molecule has 0 aromatic rings. The van der Waals surface area contributed by atoms with E-state index >= 15 is 0 Å². The van der Waals surface area contributed by atoms with E-state index in [0.29, 0.717) is 12.0 Å². The topological polar surface area (TPSA) is 32.3 Å². The van der Waals surface area contributed by atoms with Gasteiger partial charge in [-0.25, -0.2) is 0 Å². The first-order valence-corrected chi connectivity index (χ1v) is 7.04. The Morgan fingerprint density at radius 2 is 1.81 bits per heavy atom. The van der Waals surface area contributed by atoms with E-state index in [0.717, 1.165) is 5.92 Å². The predicted molar refractivity (Wildman–Crippen MR) is 69.5 cm³/mol. The van der Waals surface area contributed by atoms with Crippen molar-refractivity contribution in [2.24, 2.45) is 11.8 Å². The zero-order valence-electron chi connectivity index (χ0n) is 11.2. The zero-order chi connectivity index (χ0) is 12.0. The van der Waals surface area contributed by atoms with Crippen molar-refractivity contribution in [2.75, 3.05) is 6.61 Å². The minimum Gasteiger partial charge on any atom is -0.395 e. The fourth-order valence-electron chi connectivity index (χ4n) is 2.78. The van der Waals surface area contributed by atoms with Crippen LogP contribution in [-0.4, -0.2) is 23.8 Å². The van der Waals surface area contributed by atoms with Gasteiger partial charge < -0.3 is 10.4 Å². The number of hydrogen-bond donors (Lipinski definition) is 2. The Hall–Kier alpha value is -0.0800. The molecule has 1 atom stereocenters. The Bertz CT molecular complexity index is 174. The number of aliphatic hydroxyl groups is 1. The molecule has 0 aromatic carbocycles. The molecule has 0 spiro atoms. The summed E-state index contributed by atoms with van der Waals surface area (Å²) in [6.45, 7) is 6.91. The van der Waals surface area contributed by atoms with Crippen LogP contribution in [0.4, 0.5) is 0 Å². The van der Waals surface area contributed by atoms with Gasteiger partial charge in [-0.1, -0.05) is 33.6 Å². The second kappa shape index (κ2) is 7.29. The van der Waals surface area contributed by atoms with Crippen LogP contribution in [0, 0.1) is 11.8 Å². The van der Waals surface area contributed by atoms with Gasteiger partial charge in [0.25, 0.3) is 0 Å². The third-order valence-electron chi connectivity index (χ3n) is 3.99. The molecule has 2 N–H and O–H groups in total. The minimum absolute atomic E-state index is 0.270. The summed E-state index contributed by atoms with van der Waals surface area (Å²) in [4.78, 5) is 0. The molecular weight excluding hydrogens is 198 g/mol. The highest BCUT2D eigenvalue weighted by Crippen LogP contribution is 2.28. The fraction of sp³-hybridized carbons (Fsp3) is 1.00. The van der Waals surface area contributed by atoms with Gasteiger partial charge in [0.2, 0.25) is 0 Å². The number of aliphatic hydroxyl groups excluding tert-OH is 1. The molecule has 0 unspecified atom stereocenters. The molecule has 2 heteroatoms. The first-order valence-electron chi connectivity index (χ1n) is 7.04. The highest BCUT2D eigenvalue weighted by atomic mass is 16.3. The molecule has 16 heavy (non-hydrogen) atoms. The molecule has 0 saturated heterocycles. The Balaban J connectivity index is 2.25. The van der Waals surface area contributed by atoms with Crippen molar-refractivity contribution in [1.82, 2.24) is 5.32 Å². The lowest BCUT2D eigenvalue weighted by molar-refractivity contribution is 0.177. The highest BCUT2D eigenvalue weighted by molar-refractivity contribution is 4.81. The van der Waals surface area contributed by atoms with E-state index in [4.69, 9.17) is 0 Å². The summed E-state index contributed by atoms with van der Waals surface area (Å²) < 4.78 is 0. The van der Waals surface area contributed by atoms with Crippen molar-refractivity contribution in [1.29, 1.82) is 0 Å². The normalized spacial score (nSPS) is 28.3. The van der Waals surface area contributed by atoms with Crippen LogP contribution in [0.5, 0.6) is 0 Å². The van der Waals surface area contributed by atoms with Crippen LogP contribution in [-0.2, 0) is 0 Å². The molecule has 1 fully saturated rings. The van der Waals surface area contributed by atoms with Gasteiger partial charge in [0.05, 0.1) is 6.61 Å². The smallest absolute Gasteiger partial charge is 0.0587 e. The standard InChI is InChI=1S/C14H29NO/c1-4-5-12-6-8-13(9-7-12)15-14(10-16)11(2)3/h11-16H,4-10H2,1-3H3/t12?,13?,14-/m1/s1. The first-order chi connectivity index (χ1) is 7.67. The molecule has 96 valence electrons. The number of rotatable bonds is 6. The number of hydrogen-bond acceptors (Lipinski definition) is 2. The van der Waals surface area contributed by atoms with Gasteiger partial charge in [0, 0.05) is 12.1 Å². The summed E-state index contributed by atoms with van der Waals surface area (Å²) in [5, 5.41) is 12.9. The summed E-state index contributed by atoms with van der Waals surface area (Å²) in [7, 11) is 0. The molecule has 1 aliphatic rings. The second-order valence-electron chi connectivity index (χ2n) is 5.71. The maximum Gasteiger partial charge on any atom is 0.0587 e. The van der Waals surface area contributed by atoms with Crippen molar-refractivity contribution in [3.63, 3.8) is 0 Å². The van der Waals surface area contributed by atoms with Crippen LogP contribution in [0.3, 0.4) is 0 Å². The van der Waals surface area contributed by atoms with Gasteiger partial charge in [0.15, 0.2) is 0 Å². The third-order valence-corrected chi connectivity index (χ3v) is 3.99. The molecule has 1 aliphatic carbocycles. The van der Waals surface area contributed by atoms with Crippen molar-refractivity contribution in [3.8, 4) is 0 Å². The van der Waals surface area contributed by atoms with Crippen molar-refractivity contribution >= 4 is 0 Å². The van der Waals surface area contributed by atoms with Crippen LogP contribution < -0.4 is 5.32 Å². The lowest BCUT2D eigenvalue weighted by atomic mass is 9.83. The molecular formula is C14H29NO. The van der Waals surface area contributed by atoms with E-state index in [2.05, 4.69) is 26.1 Å². The van der Waals surface area contributed by atoms with Gasteiger partial charge in [-0.3, -0.25) is 0 Å². The summed E-state index contributed by atoms with van der Waals surface area (Å²) >= 11 is 0.